The lowest BCUT2D eigenvalue weighted by Crippen LogP contribution is -2.12. The molecule has 0 spiro atoms. The number of nitrogens with one attached hydrogen (secondary N) is 1. The Balaban J connectivity index is 1.73. The third-order valence-electron chi connectivity index (χ3n) is 4.97. The van der Waals surface area contributed by atoms with Gasteiger partial charge in [0.15, 0.2) is 0 Å². The molecule has 0 saturated carbocycles. The van der Waals surface area contributed by atoms with Gasteiger partial charge in [-0.05, 0) is 36.9 Å². The van der Waals surface area contributed by atoms with E-state index in [0.29, 0.717) is 17.9 Å². The van der Waals surface area contributed by atoms with Crippen molar-refractivity contribution in [2.75, 3.05) is 5.48 Å². The predicted octanol–water partition coefficient (Wildman–Crippen LogP) is 5.97. The summed E-state index contributed by atoms with van der Waals surface area (Å²) < 4.78 is 36.6. The summed E-state index contributed by atoms with van der Waals surface area (Å²) in [5.74, 6) is 0.692. The molecule has 0 atom stereocenters. The summed E-state index contributed by atoms with van der Waals surface area (Å²) >= 11 is 0. The van der Waals surface area contributed by atoms with Gasteiger partial charge in [0, 0.05) is 17.2 Å². The van der Waals surface area contributed by atoms with Gasteiger partial charge in [-0.2, -0.15) is 8.42 Å². The van der Waals surface area contributed by atoms with Crippen LogP contribution in [0.1, 0.15) is 31.1 Å². The van der Waals surface area contributed by atoms with Gasteiger partial charge >= 0.3 is 10.1 Å². The Morgan fingerprint density at radius 1 is 0.966 bits per heavy atom. The summed E-state index contributed by atoms with van der Waals surface area (Å²) in [6, 6.07) is 18.4. The van der Waals surface area contributed by atoms with E-state index in [9.17, 15) is 8.42 Å². The average Bonchev–Trinajstić information content (AvgIpc) is 3.09. The van der Waals surface area contributed by atoms with Crippen LogP contribution in [-0.2, 0) is 20.8 Å². The summed E-state index contributed by atoms with van der Waals surface area (Å²) in [7, 11) is -3.95. The minimum atomic E-state index is -3.95. The van der Waals surface area contributed by atoms with Crippen molar-refractivity contribution in [3.05, 3.63) is 72.0 Å². The molecule has 0 fully saturated rings. The number of unbranched alkanes of at least 4 members (excludes halogenated alkanes) is 1. The predicted molar refractivity (Wildman–Crippen MR) is 115 cm³/mol. The van der Waals surface area contributed by atoms with Crippen molar-refractivity contribution in [1.82, 2.24) is 0 Å². The molecule has 29 heavy (non-hydrogen) atoms. The molecule has 4 aromatic rings. The number of hydrogen-bond acceptors (Lipinski definition) is 5. The Morgan fingerprint density at radius 2 is 1.72 bits per heavy atom. The van der Waals surface area contributed by atoms with Crippen LogP contribution in [-0.4, -0.2) is 8.42 Å². The minimum absolute atomic E-state index is 0.101. The van der Waals surface area contributed by atoms with Gasteiger partial charge in [0.05, 0.1) is 4.90 Å². The van der Waals surface area contributed by atoms with Crippen molar-refractivity contribution in [1.29, 1.82) is 0 Å². The first-order valence-electron chi connectivity index (χ1n) is 9.69. The molecule has 0 aliphatic rings. The van der Waals surface area contributed by atoms with Gasteiger partial charge in [0.2, 0.25) is 0 Å². The van der Waals surface area contributed by atoms with Crippen LogP contribution in [0.2, 0.25) is 0 Å². The Labute approximate surface area is 170 Å². The smallest absolute Gasteiger partial charge is 0.317 e. The van der Waals surface area contributed by atoms with Crippen LogP contribution in [0.15, 0.2) is 70.0 Å². The molecule has 4 rings (SSSR count). The van der Waals surface area contributed by atoms with Gasteiger partial charge in [-0.3, -0.25) is 0 Å². The van der Waals surface area contributed by atoms with Crippen LogP contribution in [0, 0.1) is 6.92 Å². The van der Waals surface area contributed by atoms with Gasteiger partial charge in [0.25, 0.3) is 0 Å². The fraction of sp³-hybridized carbons (Fsp3) is 0.217. The molecular formula is C23H23NO4S. The molecule has 5 nitrogen and oxygen atoms in total. The Morgan fingerprint density at radius 3 is 2.48 bits per heavy atom. The van der Waals surface area contributed by atoms with E-state index in [1.807, 2.05) is 43.3 Å². The van der Waals surface area contributed by atoms with E-state index in [1.54, 1.807) is 12.1 Å². The topological polar surface area (TPSA) is 68.5 Å². The van der Waals surface area contributed by atoms with Crippen LogP contribution in [0.25, 0.3) is 21.7 Å². The van der Waals surface area contributed by atoms with Crippen molar-refractivity contribution >= 4 is 37.5 Å². The quantitative estimate of drug-likeness (QED) is 0.381. The lowest BCUT2D eigenvalue weighted by atomic mass is 10.1. The van der Waals surface area contributed by atoms with Crippen LogP contribution in [0.5, 0.6) is 0 Å². The summed E-state index contributed by atoms with van der Waals surface area (Å²) in [5.41, 5.74) is 4.95. The third kappa shape index (κ3) is 3.86. The molecule has 0 radical (unpaired) electrons. The molecule has 3 aromatic carbocycles. The number of hydrogen-bond donors (Lipinski definition) is 1. The monoisotopic (exact) mass is 409 g/mol. The Hall–Kier alpha value is -2.83. The van der Waals surface area contributed by atoms with E-state index >= 15 is 0 Å². The second kappa shape index (κ2) is 7.89. The molecule has 1 N–H and O–H groups in total. The molecule has 0 amide bonds. The maximum Gasteiger partial charge on any atom is 0.317 e. The number of benzene rings is 3. The largest absolute Gasteiger partial charge is 0.458 e. The average molecular weight is 410 g/mol. The van der Waals surface area contributed by atoms with E-state index in [-0.39, 0.29) is 4.90 Å². The van der Waals surface area contributed by atoms with E-state index in [2.05, 4.69) is 12.4 Å². The van der Waals surface area contributed by atoms with E-state index in [4.69, 9.17) is 8.70 Å². The first-order chi connectivity index (χ1) is 14.0. The highest BCUT2D eigenvalue weighted by atomic mass is 32.2. The third-order valence-corrected chi connectivity index (χ3v) is 6.13. The fourth-order valence-electron chi connectivity index (χ4n) is 3.35. The van der Waals surface area contributed by atoms with E-state index < -0.39 is 10.1 Å². The normalized spacial score (nSPS) is 11.9. The SMILES string of the molecule is CCCCc1oc2c(ccc3ccccc32)c1NOS(=O)(=O)c1ccc(C)cc1. The highest BCUT2D eigenvalue weighted by Gasteiger charge is 2.20. The number of anilines is 1. The summed E-state index contributed by atoms with van der Waals surface area (Å²) in [4.78, 5) is 0.101. The van der Waals surface area contributed by atoms with Crippen LogP contribution < -0.4 is 5.48 Å². The second-order valence-corrected chi connectivity index (χ2v) is 8.67. The zero-order valence-corrected chi connectivity index (χ0v) is 17.3. The van der Waals surface area contributed by atoms with Crippen LogP contribution in [0.3, 0.4) is 0 Å². The van der Waals surface area contributed by atoms with Crippen molar-refractivity contribution < 1.29 is 17.1 Å². The van der Waals surface area contributed by atoms with Crippen molar-refractivity contribution in [2.24, 2.45) is 0 Å². The van der Waals surface area contributed by atoms with Crippen molar-refractivity contribution in [3.63, 3.8) is 0 Å². The highest BCUT2D eigenvalue weighted by Crippen LogP contribution is 2.37. The number of aryl methyl sites for hydroxylation is 2. The summed E-state index contributed by atoms with van der Waals surface area (Å²) in [6.45, 7) is 4.00. The molecule has 0 bridgehead atoms. The van der Waals surface area contributed by atoms with Gasteiger partial charge in [-0.1, -0.05) is 61.4 Å². The maximum atomic E-state index is 12.6. The van der Waals surface area contributed by atoms with Gasteiger partial charge < -0.3 is 4.42 Å². The minimum Gasteiger partial charge on any atom is -0.458 e. The first kappa shape index (κ1) is 19.5. The molecule has 0 unspecified atom stereocenters. The molecule has 6 heteroatoms. The second-order valence-electron chi connectivity index (χ2n) is 7.12. The summed E-state index contributed by atoms with van der Waals surface area (Å²) in [5, 5.41) is 2.85. The Bertz CT molecular complexity index is 1260. The van der Waals surface area contributed by atoms with Crippen molar-refractivity contribution in [3.8, 4) is 0 Å². The highest BCUT2D eigenvalue weighted by molar-refractivity contribution is 7.86. The zero-order valence-electron chi connectivity index (χ0n) is 16.4. The molecule has 1 heterocycles. The Kier molecular flexibility index (Phi) is 5.30. The van der Waals surface area contributed by atoms with Gasteiger partial charge in [-0.25, -0.2) is 5.48 Å². The van der Waals surface area contributed by atoms with Gasteiger partial charge in [0.1, 0.15) is 17.0 Å². The molecule has 0 aliphatic heterocycles. The molecule has 0 aliphatic carbocycles. The lowest BCUT2D eigenvalue weighted by molar-refractivity contribution is 0.388. The number of fused-ring (bicyclic) bond motifs is 3. The first-order valence-corrected chi connectivity index (χ1v) is 11.1. The lowest BCUT2D eigenvalue weighted by Gasteiger charge is -2.08. The zero-order chi connectivity index (χ0) is 20.4. The molecule has 150 valence electrons. The molecule has 0 saturated heterocycles. The maximum absolute atomic E-state index is 12.6. The number of furan rings is 1. The van der Waals surface area contributed by atoms with Gasteiger partial charge in [-0.15, -0.1) is 4.28 Å². The fourth-order valence-corrected chi connectivity index (χ4v) is 4.11. The van der Waals surface area contributed by atoms with Crippen molar-refractivity contribution in [2.45, 2.75) is 38.0 Å². The number of rotatable bonds is 7. The van der Waals surface area contributed by atoms with E-state index in [1.165, 1.54) is 12.1 Å². The summed E-state index contributed by atoms with van der Waals surface area (Å²) in [6.07, 6.45) is 2.62. The van der Waals surface area contributed by atoms with E-state index in [0.717, 1.165) is 40.1 Å². The van der Waals surface area contributed by atoms with Crippen LogP contribution in [0.4, 0.5) is 5.69 Å². The molecule has 1 aromatic heterocycles. The standard InChI is InChI=1S/C23H23NO4S/c1-3-4-9-21-22(24-28-29(25,26)18-13-10-16(2)11-14-18)20-15-12-17-7-5-6-8-19(17)23(20)27-21/h5-8,10-15,24H,3-4,9H2,1-2H3. The molecular weight excluding hydrogens is 386 g/mol. The van der Waals surface area contributed by atoms with Crippen LogP contribution >= 0.6 is 0 Å².